The number of halogens is 3. The van der Waals surface area contributed by atoms with Crippen LogP contribution in [0.3, 0.4) is 0 Å². The topological polar surface area (TPSA) is 12.0 Å². The van der Waals surface area contributed by atoms with Crippen molar-refractivity contribution in [3.8, 4) is 0 Å². The van der Waals surface area contributed by atoms with E-state index in [2.05, 4.69) is 19.2 Å². The van der Waals surface area contributed by atoms with Gasteiger partial charge in [-0.15, -0.1) is 0 Å². The van der Waals surface area contributed by atoms with E-state index in [0.29, 0.717) is 15.1 Å². The van der Waals surface area contributed by atoms with E-state index in [1.165, 1.54) is 0 Å². The molecular formula is C13H18Cl3N. The fraction of sp³-hybridized carbons (Fsp3) is 0.538. The second-order valence-corrected chi connectivity index (χ2v) is 6.29. The van der Waals surface area contributed by atoms with Gasteiger partial charge in [-0.05, 0) is 49.5 Å². The van der Waals surface area contributed by atoms with Crippen LogP contribution in [0.1, 0.15) is 25.8 Å². The SMILES string of the molecule is CNCC(C)(C)CCc1c(Cl)cc(Cl)cc1Cl. The molecule has 1 aromatic rings. The molecule has 0 saturated heterocycles. The minimum atomic E-state index is 0.223. The maximum absolute atomic E-state index is 6.16. The van der Waals surface area contributed by atoms with Crippen LogP contribution in [-0.4, -0.2) is 13.6 Å². The van der Waals surface area contributed by atoms with Gasteiger partial charge in [-0.2, -0.15) is 0 Å². The van der Waals surface area contributed by atoms with Crippen molar-refractivity contribution in [2.75, 3.05) is 13.6 Å². The van der Waals surface area contributed by atoms with Gasteiger partial charge in [-0.1, -0.05) is 48.7 Å². The van der Waals surface area contributed by atoms with Crippen LogP contribution in [0.5, 0.6) is 0 Å². The molecule has 96 valence electrons. The number of benzene rings is 1. The van der Waals surface area contributed by atoms with E-state index < -0.39 is 0 Å². The first-order chi connectivity index (χ1) is 7.85. The highest BCUT2D eigenvalue weighted by atomic mass is 35.5. The Bertz CT molecular complexity index is 365. The van der Waals surface area contributed by atoms with Crippen molar-refractivity contribution in [2.45, 2.75) is 26.7 Å². The highest BCUT2D eigenvalue weighted by molar-refractivity contribution is 6.39. The van der Waals surface area contributed by atoms with Crippen molar-refractivity contribution < 1.29 is 0 Å². The molecule has 0 aliphatic carbocycles. The molecule has 0 heterocycles. The molecule has 0 saturated carbocycles. The lowest BCUT2D eigenvalue weighted by molar-refractivity contribution is 0.324. The minimum Gasteiger partial charge on any atom is -0.319 e. The Morgan fingerprint density at radius 3 is 2.12 bits per heavy atom. The Labute approximate surface area is 118 Å². The third-order valence-corrected chi connectivity index (χ3v) is 3.71. The van der Waals surface area contributed by atoms with Gasteiger partial charge in [0.25, 0.3) is 0 Å². The van der Waals surface area contributed by atoms with Crippen LogP contribution >= 0.6 is 34.8 Å². The average Bonchev–Trinajstić information content (AvgIpc) is 2.15. The smallest absolute Gasteiger partial charge is 0.0467 e. The molecule has 0 unspecified atom stereocenters. The highest BCUT2D eigenvalue weighted by Crippen LogP contribution is 2.32. The molecule has 1 rings (SSSR count). The summed E-state index contributed by atoms with van der Waals surface area (Å²) in [5.41, 5.74) is 1.21. The molecule has 0 radical (unpaired) electrons. The molecule has 1 aromatic carbocycles. The summed E-state index contributed by atoms with van der Waals surface area (Å²) in [7, 11) is 1.96. The second kappa shape index (κ2) is 6.29. The number of nitrogens with one attached hydrogen (secondary N) is 1. The monoisotopic (exact) mass is 293 g/mol. The van der Waals surface area contributed by atoms with E-state index >= 15 is 0 Å². The van der Waals surface area contributed by atoms with Crippen molar-refractivity contribution in [1.82, 2.24) is 5.32 Å². The Morgan fingerprint density at radius 2 is 1.65 bits per heavy atom. The molecule has 0 amide bonds. The lowest BCUT2D eigenvalue weighted by Crippen LogP contribution is -2.27. The third kappa shape index (κ3) is 4.67. The summed E-state index contributed by atoms with van der Waals surface area (Å²) in [5, 5.41) is 5.09. The van der Waals surface area contributed by atoms with Gasteiger partial charge in [0, 0.05) is 15.1 Å². The van der Waals surface area contributed by atoms with Crippen molar-refractivity contribution in [3.05, 3.63) is 32.8 Å². The Hall–Kier alpha value is 0.0500. The standard InChI is InChI=1S/C13H18Cl3N/c1-13(2,8-17-3)5-4-10-11(15)6-9(14)7-12(10)16/h6-7,17H,4-5,8H2,1-3H3. The van der Waals surface area contributed by atoms with Crippen LogP contribution in [0.4, 0.5) is 0 Å². The number of hydrogen-bond donors (Lipinski definition) is 1. The molecule has 0 aliphatic heterocycles. The van der Waals surface area contributed by atoms with E-state index in [1.54, 1.807) is 12.1 Å². The van der Waals surface area contributed by atoms with Crippen LogP contribution in [0.2, 0.25) is 15.1 Å². The molecule has 0 aromatic heterocycles. The average molecular weight is 295 g/mol. The highest BCUT2D eigenvalue weighted by Gasteiger charge is 2.18. The second-order valence-electron chi connectivity index (χ2n) is 5.04. The summed E-state index contributed by atoms with van der Waals surface area (Å²) in [5.74, 6) is 0. The van der Waals surface area contributed by atoms with Gasteiger partial charge in [0.15, 0.2) is 0 Å². The van der Waals surface area contributed by atoms with E-state index in [-0.39, 0.29) is 5.41 Å². The van der Waals surface area contributed by atoms with Crippen LogP contribution in [0.25, 0.3) is 0 Å². The summed E-state index contributed by atoms with van der Waals surface area (Å²) in [6.45, 7) is 5.41. The van der Waals surface area contributed by atoms with Gasteiger partial charge in [0.1, 0.15) is 0 Å². The Morgan fingerprint density at radius 1 is 1.12 bits per heavy atom. The molecule has 1 nitrogen and oxygen atoms in total. The lowest BCUT2D eigenvalue weighted by Gasteiger charge is -2.24. The number of hydrogen-bond acceptors (Lipinski definition) is 1. The normalized spacial score (nSPS) is 11.9. The Balaban J connectivity index is 2.76. The quantitative estimate of drug-likeness (QED) is 0.820. The van der Waals surface area contributed by atoms with Crippen LogP contribution in [0, 0.1) is 5.41 Å². The third-order valence-electron chi connectivity index (χ3n) is 2.81. The van der Waals surface area contributed by atoms with Crippen molar-refractivity contribution in [3.63, 3.8) is 0 Å². The lowest BCUT2D eigenvalue weighted by atomic mass is 9.86. The van der Waals surface area contributed by atoms with Crippen LogP contribution in [-0.2, 0) is 6.42 Å². The summed E-state index contributed by atoms with van der Waals surface area (Å²) >= 11 is 18.2. The van der Waals surface area contributed by atoms with Gasteiger partial charge >= 0.3 is 0 Å². The van der Waals surface area contributed by atoms with E-state index in [9.17, 15) is 0 Å². The van der Waals surface area contributed by atoms with Gasteiger partial charge in [-0.25, -0.2) is 0 Å². The first kappa shape index (κ1) is 15.1. The fourth-order valence-corrected chi connectivity index (χ4v) is 2.85. The van der Waals surface area contributed by atoms with Crippen molar-refractivity contribution in [2.24, 2.45) is 5.41 Å². The number of rotatable bonds is 5. The van der Waals surface area contributed by atoms with E-state index in [0.717, 1.165) is 24.9 Å². The summed E-state index contributed by atoms with van der Waals surface area (Å²) in [6.07, 6.45) is 1.89. The predicted octanol–water partition coefficient (Wildman–Crippen LogP) is 4.83. The molecular weight excluding hydrogens is 277 g/mol. The van der Waals surface area contributed by atoms with Crippen LogP contribution < -0.4 is 5.32 Å². The van der Waals surface area contributed by atoms with E-state index in [1.807, 2.05) is 7.05 Å². The van der Waals surface area contributed by atoms with Crippen molar-refractivity contribution in [1.29, 1.82) is 0 Å². The largest absolute Gasteiger partial charge is 0.319 e. The molecule has 0 bridgehead atoms. The zero-order valence-corrected chi connectivity index (χ0v) is 12.7. The van der Waals surface area contributed by atoms with Crippen LogP contribution in [0.15, 0.2) is 12.1 Å². The van der Waals surface area contributed by atoms with E-state index in [4.69, 9.17) is 34.8 Å². The molecule has 1 N–H and O–H groups in total. The summed E-state index contributed by atoms with van der Waals surface area (Å²) in [6, 6.07) is 3.49. The molecule has 0 fully saturated rings. The molecule has 0 atom stereocenters. The van der Waals surface area contributed by atoms with Gasteiger partial charge in [0.2, 0.25) is 0 Å². The van der Waals surface area contributed by atoms with Gasteiger partial charge in [0.05, 0.1) is 0 Å². The summed E-state index contributed by atoms with van der Waals surface area (Å²) < 4.78 is 0. The first-order valence-corrected chi connectivity index (χ1v) is 6.77. The van der Waals surface area contributed by atoms with Crippen molar-refractivity contribution >= 4 is 34.8 Å². The maximum atomic E-state index is 6.16. The fourth-order valence-electron chi connectivity index (χ4n) is 1.84. The molecule has 0 aliphatic rings. The molecule has 0 spiro atoms. The minimum absolute atomic E-state index is 0.223. The zero-order valence-electron chi connectivity index (χ0n) is 10.4. The maximum Gasteiger partial charge on any atom is 0.0467 e. The molecule has 17 heavy (non-hydrogen) atoms. The summed E-state index contributed by atoms with van der Waals surface area (Å²) in [4.78, 5) is 0. The van der Waals surface area contributed by atoms with Gasteiger partial charge < -0.3 is 5.32 Å². The zero-order chi connectivity index (χ0) is 13.1. The van der Waals surface area contributed by atoms with Gasteiger partial charge in [-0.3, -0.25) is 0 Å². The Kier molecular flexibility index (Phi) is 5.59. The first-order valence-electron chi connectivity index (χ1n) is 5.64. The predicted molar refractivity (Wildman–Crippen MR) is 77.5 cm³/mol. The molecule has 4 heteroatoms.